The molecule has 2 N–H and O–H groups in total. The predicted octanol–water partition coefficient (Wildman–Crippen LogP) is 2.43. The van der Waals surface area contributed by atoms with Gasteiger partial charge in [-0.3, -0.25) is 0 Å². The Kier molecular flexibility index (Phi) is 4.74. The van der Waals surface area contributed by atoms with Crippen LogP contribution in [-0.2, 0) is 10.0 Å². The van der Waals surface area contributed by atoms with E-state index in [2.05, 4.69) is 4.72 Å². The Morgan fingerprint density at radius 3 is 2.74 bits per heavy atom. The molecular formula is C12H15Cl2NO3S. The zero-order chi connectivity index (χ0) is 14.0. The van der Waals surface area contributed by atoms with Crippen LogP contribution in [0.4, 0.5) is 0 Å². The maximum atomic E-state index is 12.3. The van der Waals surface area contributed by atoms with Crippen LogP contribution in [0.2, 0.25) is 10.0 Å². The van der Waals surface area contributed by atoms with Gasteiger partial charge < -0.3 is 5.11 Å². The van der Waals surface area contributed by atoms with Crippen molar-refractivity contribution in [2.45, 2.75) is 30.2 Å². The van der Waals surface area contributed by atoms with E-state index in [1.54, 1.807) is 0 Å². The lowest BCUT2D eigenvalue weighted by atomic mass is 10.1. The number of hydrogen-bond donors (Lipinski definition) is 2. The molecule has 0 saturated heterocycles. The fourth-order valence-electron chi connectivity index (χ4n) is 2.36. The number of rotatable bonds is 4. The second-order valence-electron chi connectivity index (χ2n) is 4.68. The maximum absolute atomic E-state index is 12.3. The Morgan fingerprint density at radius 1 is 1.32 bits per heavy atom. The number of benzene rings is 1. The highest BCUT2D eigenvalue weighted by Gasteiger charge is 2.31. The van der Waals surface area contributed by atoms with E-state index in [-0.39, 0.29) is 28.5 Å². The SMILES string of the molecule is O=S(=O)(NC1CCCC1CO)c1cc(Cl)ccc1Cl. The van der Waals surface area contributed by atoms with Crippen molar-refractivity contribution in [1.29, 1.82) is 0 Å². The van der Waals surface area contributed by atoms with E-state index < -0.39 is 10.0 Å². The first-order valence-electron chi connectivity index (χ1n) is 6.02. The van der Waals surface area contributed by atoms with E-state index in [1.807, 2.05) is 0 Å². The first kappa shape index (κ1) is 15.1. The molecule has 106 valence electrons. The monoisotopic (exact) mass is 323 g/mol. The molecule has 1 saturated carbocycles. The van der Waals surface area contributed by atoms with Crippen LogP contribution in [0.1, 0.15) is 19.3 Å². The summed E-state index contributed by atoms with van der Waals surface area (Å²) < 4.78 is 27.2. The van der Waals surface area contributed by atoms with E-state index in [9.17, 15) is 13.5 Å². The number of sulfonamides is 1. The van der Waals surface area contributed by atoms with Crippen molar-refractivity contribution in [1.82, 2.24) is 4.72 Å². The Bertz CT molecular complexity index is 562. The Hall–Kier alpha value is -0.330. The number of nitrogens with one attached hydrogen (secondary N) is 1. The van der Waals surface area contributed by atoms with Gasteiger partial charge in [-0.25, -0.2) is 13.1 Å². The second-order valence-corrected chi connectivity index (χ2v) is 7.20. The standard InChI is InChI=1S/C12H15Cl2NO3S/c13-9-4-5-10(14)12(6-9)19(17,18)15-11-3-1-2-8(11)7-16/h4-6,8,11,15-16H,1-3,7H2. The highest BCUT2D eigenvalue weighted by molar-refractivity contribution is 7.89. The van der Waals surface area contributed by atoms with E-state index in [4.69, 9.17) is 23.2 Å². The maximum Gasteiger partial charge on any atom is 0.242 e. The number of aliphatic hydroxyl groups is 1. The molecule has 0 amide bonds. The minimum atomic E-state index is -3.72. The van der Waals surface area contributed by atoms with E-state index in [1.165, 1.54) is 18.2 Å². The van der Waals surface area contributed by atoms with Gasteiger partial charge in [0.25, 0.3) is 0 Å². The average molecular weight is 324 g/mol. The molecule has 1 aromatic carbocycles. The molecule has 0 bridgehead atoms. The molecule has 4 nitrogen and oxygen atoms in total. The van der Waals surface area contributed by atoms with Gasteiger partial charge >= 0.3 is 0 Å². The van der Waals surface area contributed by atoms with Crippen molar-refractivity contribution >= 4 is 33.2 Å². The fourth-order valence-corrected chi connectivity index (χ4v) is 4.46. The van der Waals surface area contributed by atoms with Crippen molar-refractivity contribution < 1.29 is 13.5 Å². The third-order valence-corrected chi connectivity index (χ3v) is 5.59. The summed E-state index contributed by atoms with van der Waals surface area (Å²) in [6.07, 6.45) is 2.46. The minimum Gasteiger partial charge on any atom is -0.396 e. The van der Waals surface area contributed by atoms with Crippen molar-refractivity contribution in [2.24, 2.45) is 5.92 Å². The van der Waals surface area contributed by atoms with Crippen LogP contribution in [0.25, 0.3) is 0 Å². The quantitative estimate of drug-likeness (QED) is 0.894. The summed E-state index contributed by atoms with van der Waals surface area (Å²) in [5.74, 6) is -0.0345. The molecule has 7 heteroatoms. The summed E-state index contributed by atoms with van der Waals surface area (Å²) in [4.78, 5) is -0.0229. The number of hydrogen-bond acceptors (Lipinski definition) is 3. The van der Waals surface area contributed by atoms with E-state index in [0.717, 1.165) is 19.3 Å². The molecular weight excluding hydrogens is 309 g/mol. The Morgan fingerprint density at radius 2 is 2.05 bits per heavy atom. The normalized spacial score (nSPS) is 23.7. The van der Waals surface area contributed by atoms with Gasteiger partial charge in [0.05, 0.1) is 5.02 Å². The topological polar surface area (TPSA) is 66.4 Å². The van der Waals surface area contributed by atoms with Crippen LogP contribution >= 0.6 is 23.2 Å². The highest BCUT2D eigenvalue weighted by atomic mass is 35.5. The molecule has 0 aliphatic heterocycles. The van der Waals surface area contributed by atoms with Crippen molar-refractivity contribution in [3.8, 4) is 0 Å². The first-order valence-corrected chi connectivity index (χ1v) is 8.26. The molecule has 1 aliphatic carbocycles. The second kappa shape index (κ2) is 5.97. The zero-order valence-electron chi connectivity index (χ0n) is 10.1. The molecule has 0 aromatic heterocycles. The van der Waals surface area contributed by atoms with Gasteiger partial charge in [-0.2, -0.15) is 0 Å². The largest absolute Gasteiger partial charge is 0.396 e. The molecule has 1 fully saturated rings. The molecule has 0 heterocycles. The van der Waals surface area contributed by atoms with Gasteiger partial charge in [-0.1, -0.05) is 29.6 Å². The van der Waals surface area contributed by atoms with Crippen LogP contribution in [0, 0.1) is 5.92 Å². The van der Waals surface area contributed by atoms with Crippen LogP contribution in [0.3, 0.4) is 0 Å². The minimum absolute atomic E-state index is 0.0174. The van der Waals surface area contributed by atoms with E-state index in [0.29, 0.717) is 5.02 Å². The smallest absolute Gasteiger partial charge is 0.242 e. The molecule has 2 unspecified atom stereocenters. The lowest BCUT2D eigenvalue weighted by Gasteiger charge is -2.19. The lowest BCUT2D eigenvalue weighted by molar-refractivity contribution is 0.213. The Labute approximate surface area is 122 Å². The lowest BCUT2D eigenvalue weighted by Crippen LogP contribution is -2.38. The fraction of sp³-hybridized carbons (Fsp3) is 0.500. The van der Waals surface area contributed by atoms with Crippen LogP contribution in [-0.4, -0.2) is 26.2 Å². The molecule has 1 aliphatic rings. The summed E-state index contributed by atoms with van der Waals surface area (Å²) in [6, 6.07) is 4.07. The molecule has 19 heavy (non-hydrogen) atoms. The highest BCUT2D eigenvalue weighted by Crippen LogP contribution is 2.29. The summed E-state index contributed by atoms with van der Waals surface area (Å²) in [5, 5.41) is 9.67. The van der Waals surface area contributed by atoms with Gasteiger partial charge in [0, 0.05) is 17.7 Å². The summed E-state index contributed by atoms with van der Waals surface area (Å²) in [7, 11) is -3.72. The number of halogens is 2. The number of aliphatic hydroxyl groups excluding tert-OH is 1. The zero-order valence-corrected chi connectivity index (χ0v) is 12.5. The van der Waals surface area contributed by atoms with Crippen LogP contribution < -0.4 is 4.72 Å². The molecule has 2 atom stereocenters. The molecule has 1 aromatic rings. The summed E-state index contributed by atoms with van der Waals surface area (Å²) >= 11 is 11.7. The van der Waals surface area contributed by atoms with Crippen molar-refractivity contribution in [3.05, 3.63) is 28.2 Å². The van der Waals surface area contributed by atoms with Gasteiger partial charge in [-0.05, 0) is 37.0 Å². The van der Waals surface area contributed by atoms with Crippen molar-refractivity contribution in [2.75, 3.05) is 6.61 Å². The summed E-state index contributed by atoms with van der Waals surface area (Å²) in [5.41, 5.74) is 0. The average Bonchev–Trinajstić information content (AvgIpc) is 2.78. The predicted molar refractivity (Wildman–Crippen MR) is 75.0 cm³/mol. The van der Waals surface area contributed by atoms with Gasteiger partial charge in [0.15, 0.2) is 0 Å². The third-order valence-electron chi connectivity index (χ3n) is 3.38. The van der Waals surface area contributed by atoms with Crippen LogP contribution in [0.15, 0.2) is 23.1 Å². The molecule has 0 radical (unpaired) electrons. The van der Waals surface area contributed by atoms with Crippen LogP contribution in [0.5, 0.6) is 0 Å². The first-order chi connectivity index (χ1) is 8.94. The van der Waals surface area contributed by atoms with Crippen molar-refractivity contribution in [3.63, 3.8) is 0 Å². The van der Waals surface area contributed by atoms with E-state index >= 15 is 0 Å². The Balaban J connectivity index is 2.25. The van der Waals surface area contributed by atoms with Gasteiger partial charge in [0.1, 0.15) is 4.90 Å². The summed E-state index contributed by atoms with van der Waals surface area (Å²) in [6.45, 7) is -0.0174. The third kappa shape index (κ3) is 3.41. The van der Waals surface area contributed by atoms with Gasteiger partial charge in [-0.15, -0.1) is 0 Å². The van der Waals surface area contributed by atoms with Gasteiger partial charge in [0.2, 0.25) is 10.0 Å². The molecule has 0 spiro atoms. The molecule has 2 rings (SSSR count).